The van der Waals surface area contributed by atoms with E-state index in [-0.39, 0.29) is 0 Å². The van der Waals surface area contributed by atoms with Gasteiger partial charge in [0.25, 0.3) is 0 Å². The van der Waals surface area contributed by atoms with Gasteiger partial charge in [0.15, 0.2) is 17.3 Å². The van der Waals surface area contributed by atoms with Gasteiger partial charge in [0.1, 0.15) is 23.8 Å². The molecule has 4 heterocycles. The lowest BCUT2D eigenvalue weighted by Crippen LogP contribution is -2.15. The van der Waals surface area contributed by atoms with Crippen molar-refractivity contribution >= 4 is 27.3 Å². The number of hydrogen-bond donors (Lipinski definition) is 0. The molecule has 0 radical (unpaired) electrons. The Morgan fingerprint density at radius 3 is 2.79 bits per heavy atom. The van der Waals surface area contributed by atoms with Gasteiger partial charge in [-0.3, -0.25) is 0 Å². The Kier molecular flexibility index (Phi) is 3.39. The summed E-state index contributed by atoms with van der Waals surface area (Å²) in [4.78, 5) is 0.739. The highest BCUT2D eigenvalue weighted by atomic mass is 32.1. The summed E-state index contributed by atoms with van der Waals surface area (Å²) in [6.07, 6.45) is 0.685. The van der Waals surface area contributed by atoms with E-state index >= 15 is 0 Å². The maximum atomic E-state index is 5.92. The highest BCUT2D eigenvalue weighted by Gasteiger charge is 2.18. The van der Waals surface area contributed by atoms with Crippen LogP contribution >= 0.6 is 11.3 Å². The molecule has 0 spiro atoms. The smallest absolute Gasteiger partial charge is 0.235 e. The zero-order chi connectivity index (χ0) is 18.5. The van der Waals surface area contributed by atoms with Crippen LogP contribution in [0.4, 0.5) is 0 Å². The number of ether oxygens (including phenoxy) is 2. The number of hydrogen-bond acceptors (Lipinski definition) is 7. The second kappa shape index (κ2) is 6.07. The van der Waals surface area contributed by atoms with E-state index in [4.69, 9.17) is 19.0 Å². The number of fused-ring (bicyclic) bond motifs is 3. The second-order valence-corrected chi connectivity index (χ2v) is 7.56. The van der Waals surface area contributed by atoms with Crippen LogP contribution in [0.25, 0.3) is 27.5 Å². The molecule has 0 aliphatic carbocycles. The lowest BCUT2D eigenvalue weighted by atomic mass is 10.1. The molecule has 0 N–H and O–H groups in total. The fraction of sp³-hybridized carbons (Fsp3) is 0.150. The SMILES string of the molecule is c1ccc2oc(-c3nnc4sc(Cc5ccc6c(c5)OCCO6)nn34)cc2c1. The lowest BCUT2D eigenvalue weighted by Gasteiger charge is -2.18. The highest BCUT2D eigenvalue weighted by molar-refractivity contribution is 7.16. The predicted molar refractivity (Wildman–Crippen MR) is 104 cm³/mol. The quantitative estimate of drug-likeness (QED) is 0.464. The molecule has 0 atom stereocenters. The Hall–Kier alpha value is -3.39. The molecule has 2 aromatic carbocycles. The van der Waals surface area contributed by atoms with Gasteiger partial charge in [-0.2, -0.15) is 9.61 Å². The van der Waals surface area contributed by atoms with Gasteiger partial charge in [0.05, 0.1) is 0 Å². The van der Waals surface area contributed by atoms with Crippen molar-refractivity contribution < 1.29 is 13.9 Å². The van der Waals surface area contributed by atoms with Crippen LogP contribution in [0.15, 0.2) is 52.9 Å². The molecular formula is C20H14N4O3S. The van der Waals surface area contributed by atoms with E-state index in [1.807, 2.05) is 48.5 Å². The van der Waals surface area contributed by atoms with Gasteiger partial charge in [0, 0.05) is 11.8 Å². The first kappa shape index (κ1) is 15.6. The Labute approximate surface area is 163 Å². The molecule has 5 aromatic rings. The van der Waals surface area contributed by atoms with Gasteiger partial charge >= 0.3 is 0 Å². The topological polar surface area (TPSA) is 74.7 Å². The first-order chi connectivity index (χ1) is 13.8. The van der Waals surface area contributed by atoms with Crippen molar-refractivity contribution in [3.63, 3.8) is 0 Å². The monoisotopic (exact) mass is 390 g/mol. The van der Waals surface area contributed by atoms with E-state index in [1.165, 1.54) is 11.3 Å². The first-order valence-electron chi connectivity index (χ1n) is 8.92. The van der Waals surface area contributed by atoms with Crippen molar-refractivity contribution in [1.29, 1.82) is 0 Å². The third-order valence-electron chi connectivity index (χ3n) is 4.64. The average molecular weight is 390 g/mol. The molecular weight excluding hydrogens is 376 g/mol. The molecule has 28 heavy (non-hydrogen) atoms. The molecule has 0 fully saturated rings. The van der Waals surface area contributed by atoms with Crippen LogP contribution in [0.3, 0.4) is 0 Å². The molecule has 1 aliphatic rings. The minimum absolute atomic E-state index is 0.577. The van der Waals surface area contributed by atoms with Crippen LogP contribution in [0.5, 0.6) is 11.5 Å². The van der Waals surface area contributed by atoms with E-state index in [0.29, 0.717) is 31.2 Å². The Morgan fingerprint density at radius 1 is 0.964 bits per heavy atom. The number of para-hydroxylation sites is 1. The lowest BCUT2D eigenvalue weighted by molar-refractivity contribution is 0.171. The zero-order valence-corrected chi connectivity index (χ0v) is 15.5. The summed E-state index contributed by atoms with van der Waals surface area (Å²) in [5, 5.41) is 15.2. The number of furan rings is 1. The molecule has 0 unspecified atom stereocenters. The minimum Gasteiger partial charge on any atom is -0.486 e. The fourth-order valence-corrected chi connectivity index (χ4v) is 4.21. The molecule has 0 saturated carbocycles. The summed E-state index contributed by atoms with van der Waals surface area (Å²) in [6, 6.07) is 15.8. The van der Waals surface area contributed by atoms with Crippen LogP contribution in [0.2, 0.25) is 0 Å². The molecule has 3 aromatic heterocycles. The maximum Gasteiger partial charge on any atom is 0.235 e. The van der Waals surface area contributed by atoms with Crippen molar-refractivity contribution in [2.24, 2.45) is 0 Å². The summed E-state index contributed by atoms with van der Waals surface area (Å²) < 4.78 is 18.9. The maximum absolute atomic E-state index is 5.92. The first-order valence-corrected chi connectivity index (χ1v) is 9.74. The normalized spacial score (nSPS) is 13.4. The molecule has 7 nitrogen and oxygen atoms in total. The molecule has 6 rings (SSSR count). The van der Waals surface area contributed by atoms with Crippen molar-refractivity contribution in [3.05, 3.63) is 59.1 Å². The summed E-state index contributed by atoms with van der Waals surface area (Å²) in [7, 11) is 0. The number of benzene rings is 2. The molecule has 0 bridgehead atoms. The third kappa shape index (κ3) is 2.53. The fourth-order valence-electron chi connectivity index (χ4n) is 3.35. The zero-order valence-electron chi connectivity index (χ0n) is 14.7. The molecule has 0 amide bonds. The number of rotatable bonds is 3. The Morgan fingerprint density at radius 2 is 1.86 bits per heavy atom. The van der Waals surface area contributed by atoms with Crippen molar-refractivity contribution in [1.82, 2.24) is 19.8 Å². The van der Waals surface area contributed by atoms with E-state index in [9.17, 15) is 0 Å². The summed E-state index contributed by atoms with van der Waals surface area (Å²) in [6.45, 7) is 1.17. The minimum atomic E-state index is 0.577. The molecule has 8 heteroatoms. The average Bonchev–Trinajstić information content (AvgIpc) is 3.41. The summed E-state index contributed by atoms with van der Waals surface area (Å²) in [5.74, 6) is 2.84. The van der Waals surface area contributed by atoms with Crippen LogP contribution < -0.4 is 9.47 Å². The van der Waals surface area contributed by atoms with Crippen LogP contribution in [-0.2, 0) is 6.42 Å². The van der Waals surface area contributed by atoms with Crippen molar-refractivity contribution in [2.75, 3.05) is 13.2 Å². The molecule has 0 saturated heterocycles. The standard InChI is InChI=1S/C20H14N4O3S/c1-2-4-14-13(3-1)11-17(27-14)19-21-22-20-24(19)23-18(28-20)10-12-5-6-15-16(9-12)26-8-7-25-15/h1-6,9,11H,7-8,10H2. The van der Waals surface area contributed by atoms with Gasteiger partial charge < -0.3 is 13.9 Å². The number of aromatic nitrogens is 4. The predicted octanol–water partition coefficient (Wildman–Crippen LogP) is 3.96. The number of nitrogens with zero attached hydrogens (tertiary/aromatic N) is 4. The van der Waals surface area contributed by atoms with E-state index in [2.05, 4.69) is 10.2 Å². The summed E-state index contributed by atoms with van der Waals surface area (Å²) >= 11 is 1.52. The van der Waals surface area contributed by atoms with E-state index in [1.54, 1.807) is 4.52 Å². The third-order valence-corrected chi connectivity index (χ3v) is 5.54. The van der Waals surface area contributed by atoms with Gasteiger partial charge in [-0.05, 0) is 29.8 Å². The van der Waals surface area contributed by atoms with Crippen molar-refractivity contribution in [2.45, 2.75) is 6.42 Å². The van der Waals surface area contributed by atoms with Crippen LogP contribution in [0, 0.1) is 0 Å². The van der Waals surface area contributed by atoms with E-state index in [0.717, 1.165) is 38.0 Å². The largest absolute Gasteiger partial charge is 0.486 e. The van der Waals surface area contributed by atoms with Gasteiger partial charge in [-0.25, -0.2) is 0 Å². The van der Waals surface area contributed by atoms with Gasteiger partial charge in [-0.1, -0.05) is 35.6 Å². The van der Waals surface area contributed by atoms with Gasteiger partial charge in [-0.15, -0.1) is 10.2 Å². The highest BCUT2D eigenvalue weighted by Crippen LogP contribution is 2.32. The molecule has 1 aliphatic heterocycles. The van der Waals surface area contributed by atoms with Crippen molar-refractivity contribution in [3.8, 4) is 23.1 Å². The summed E-state index contributed by atoms with van der Waals surface area (Å²) in [5.41, 5.74) is 1.93. The Balaban J connectivity index is 1.35. The van der Waals surface area contributed by atoms with Crippen LogP contribution in [-0.4, -0.2) is 33.0 Å². The second-order valence-electron chi connectivity index (χ2n) is 6.52. The van der Waals surface area contributed by atoms with E-state index < -0.39 is 0 Å². The Bertz CT molecular complexity index is 1290. The van der Waals surface area contributed by atoms with Crippen LogP contribution in [0.1, 0.15) is 10.6 Å². The van der Waals surface area contributed by atoms with Gasteiger partial charge in [0.2, 0.25) is 10.8 Å². The molecule has 138 valence electrons.